The van der Waals surface area contributed by atoms with Gasteiger partial charge >= 0.3 is 0 Å². The first kappa shape index (κ1) is 30.3. The summed E-state index contributed by atoms with van der Waals surface area (Å²) in [7, 11) is 2.09. The topological polar surface area (TPSA) is 64.3 Å². The predicted octanol–water partition coefficient (Wildman–Crippen LogP) is 9.08. The number of Topliss-reactive ketones (excluding diaryl/α,β-unsaturated/α-hetero) is 1. The molecule has 3 aliphatic heterocycles. The minimum absolute atomic E-state index is 0.110. The molecule has 4 aromatic rings. The number of likely N-dealkylation sites (N-methyl/N-ethyl adjacent to an activating group) is 1. The van der Waals surface area contributed by atoms with E-state index in [1.807, 2.05) is 38.1 Å². The highest BCUT2D eigenvalue weighted by Gasteiger charge is 2.52. The molecule has 0 spiro atoms. The van der Waals surface area contributed by atoms with Gasteiger partial charge in [0, 0.05) is 59.9 Å². The minimum atomic E-state index is -0.808. The maximum absolute atomic E-state index is 13.3. The average molecular weight is 635 g/mol. The number of nitrogens with zero attached hydrogens (tertiary/aromatic N) is 2. The van der Waals surface area contributed by atoms with E-state index < -0.39 is 5.60 Å². The van der Waals surface area contributed by atoms with E-state index in [4.69, 9.17) is 19.2 Å². The molecule has 5 aliphatic rings. The number of anilines is 1. The summed E-state index contributed by atoms with van der Waals surface area (Å²) in [6, 6.07) is 33.3. The van der Waals surface area contributed by atoms with E-state index in [9.17, 15) is 4.79 Å². The lowest BCUT2D eigenvalue weighted by Gasteiger charge is -2.48. The summed E-state index contributed by atoms with van der Waals surface area (Å²) in [5, 5.41) is 1.86. The van der Waals surface area contributed by atoms with Crippen LogP contribution in [-0.2, 0) is 15.4 Å². The number of hydrogen-bond acceptors (Lipinski definition) is 6. The van der Waals surface area contributed by atoms with Crippen molar-refractivity contribution in [1.29, 1.82) is 0 Å². The molecule has 0 radical (unpaired) electrons. The summed E-state index contributed by atoms with van der Waals surface area (Å²) in [6.07, 6.45) is 0.185. The third-order valence-corrected chi connectivity index (χ3v) is 10.0. The number of carbonyl (C=O) groups excluding carboxylic acids is 1. The molecule has 0 unspecified atom stereocenters. The van der Waals surface area contributed by atoms with Crippen molar-refractivity contribution in [1.82, 2.24) is 0 Å². The molecular weight excluding hydrogens is 596 g/mol. The van der Waals surface area contributed by atoms with Gasteiger partial charge in [-0.25, -0.2) is 9.78 Å². The molecule has 0 N–H and O–H groups in total. The van der Waals surface area contributed by atoms with Gasteiger partial charge < -0.3 is 9.32 Å². The maximum atomic E-state index is 13.3. The number of rotatable bonds is 7. The van der Waals surface area contributed by atoms with Gasteiger partial charge in [-0.3, -0.25) is 9.79 Å². The second-order valence-electron chi connectivity index (χ2n) is 13.0. The molecule has 2 aliphatic carbocycles. The molecule has 0 aromatic heterocycles. The summed E-state index contributed by atoms with van der Waals surface area (Å²) in [6.45, 7) is 9.35. The van der Waals surface area contributed by atoms with Crippen LogP contribution >= 0.6 is 0 Å². The highest BCUT2D eigenvalue weighted by Crippen LogP contribution is 2.54. The summed E-state index contributed by atoms with van der Waals surface area (Å²) < 4.78 is 6.76. The van der Waals surface area contributed by atoms with E-state index in [0.717, 1.165) is 77.8 Å². The third-order valence-electron chi connectivity index (χ3n) is 10.0. The van der Waals surface area contributed by atoms with Gasteiger partial charge in [-0.1, -0.05) is 79.7 Å². The molecule has 0 fully saturated rings. The zero-order valence-electron chi connectivity index (χ0n) is 28.0. The first-order valence-electron chi connectivity index (χ1n) is 16.7. The molecule has 2 bridgehead atoms. The number of ketones is 1. The molecule has 0 saturated heterocycles. The Bertz CT molecular complexity index is 2240. The fraction of sp³-hybridized carbons (Fsp3) is 0.238. The Morgan fingerprint density at radius 2 is 1.52 bits per heavy atom. The molecule has 48 heavy (non-hydrogen) atoms. The summed E-state index contributed by atoms with van der Waals surface area (Å²) in [5.74, 6) is 0.842. The quantitative estimate of drug-likeness (QED) is 0.0996. The van der Waals surface area contributed by atoms with Gasteiger partial charge in [0.15, 0.2) is 11.4 Å². The van der Waals surface area contributed by atoms with Crippen molar-refractivity contribution in [3.63, 3.8) is 0 Å². The van der Waals surface area contributed by atoms with Gasteiger partial charge in [0.2, 0.25) is 0 Å². The summed E-state index contributed by atoms with van der Waals surface area (Å²) in [4.78, 5) is 32.7. The average Bonchev–Trinajstić information content (AvgIpc) is 3.11. The lowest BCUT2D eigenvalue weighted by atomic mass is 9.72. The maximum Gasteiger partial charge on any atom is 0.171 e. The largest absolute Gasteiger partial charge is 0.456 e. The number of benzene rings is 5. The van der Waals surface area contributed by atoms with Gasteiger partial charge in [-0.2, -0.15) is 0 Å². The van der Waals surface area contributed by atoms with Gasteiger partial charge in [-0.15, -0.1) is 0 Å². The van der Waals surface area contributed by atoms with E-state index in [1.54, 1.807) is 0 Å². The lowest BCUT2D eigenvalue weighted by molar-refractivity contribution is -0.394. The minimum Gasteiger partial charge on any atom is -0.456 e. The van der Waals surface area contributed by atoms with E-state index in [-0.39, 0.29) is 11.9 Å². The number of fused-ring (bicyclic) bond motifs is 3. The van der Waals surface area contributed by atoms with E-state index >= 15 is 0 Å². The molecule has 4 aromatic carbocycles. The Morgan fingerprint density at radius 3 is 2.23 bits per heavy atom. The fourth-order valence-electron chi connectivity index (χ4n) is 7.79. The highest BCUT2D eigenvalue weighted by molar-refractivity contribution is 6.10. The van der Waals surface area contributed by atoms with Crippen molar-refractivity contribution in [3.05, 3.63) is 141 Å². The smallest absolute Gasteiger partial charge is 0.171 e. The van der Waals surface area contributed by atoms with Gasteiger partial charge in [0.25, 0.3) is 0 Å². The van der Waals surface area contributed by atoms with Gasteiger partial charge in [0.1, 0.15) is 17.4 Å². The molecule has 0 saturated carbocycles. The number of hydrogen-bond donors (Lipinski definition) is 0. The molecule has 6 nitrogen and oxygen atoms in total. The van der Waals surface area contributed by atoms with Crippen molar-refractivity contribution < 1.29 is 19.0 Å². The molecule has 6 heteroatoms. The zero-order valence-corrected chi connectivity index (χ0v) is 28.0. The van der Waals surface area contributed by atoms with Crippen LogP contribution in [0, 0.1) is 13.8 Å². The Kier molecular flexibility index (Phi) is 7.31. The van der Waals surface area contributed by atoms with Crippen LogP contribution in [0.15, 0.2) is 106 Å². The molecule has 0 amide bonds. The van der Waals surface area contributed by atoms with Crippen LogP contribution in [0.5, 0.6) is 0 Å². The van der Waals surface area contributed by atoms with E-state index in [0.29, 0.717) is 25.1 Å². The molecule has 3 heterocycles. The van der Waals surface area contributed by atoms with Crippen LogP contribution in [0.2, 0.25) is 0 Å². The monoisotopic (exact) mass is 634 g/mol. The SMILES string of the molecule is CCN=c1cc2oc3cc(N(C)CC45OOC(c6ccccc64)c4ccccc45)c(C)cc3c(-c3ccccc3C(=O)CC)c-2cc1C. The van der Waals surface area contributed by atoms with Crippen molar-refractivity contribution in [3.8, 4) is 22.5 Å². The van der Waals surface area contributed by atoms with Crippen LogP contribution < -0.4 is 10.3 Å². The highest BCUT2D eigenvalue weighted by atomic mass is 17.2. The van der Waals surface area contributed by atoms with Crippen molar-refractivity contribution in [2.75, 3.05) is 25.0 Å². The van der Waals surface area contributed by atoms with Crippen molar-refractivity contribution >= 4 is 22.4 Å². The third kappa shape index (κ3) is 4.55. The van der Waals surface area contributed by atoms with Crippen LogP contribution in [0.25, 0.3) is 33.4 Å². The summed E-state index contributed by atoms with van der Waals surface area (Å²) >= 11 is 0. The zero-order chi connectivity index (χ0) is 33.2. The van der Waals surface area contributed by atoms with Crippen LogP contribution in [0.1, 0.15) is 70.1 Å². The Hall–Kier alpha value is -5.04. The second-order valence-corrected chi connectivity index (χ2v) is 13.0. The predicted molar refractivity (Wildman–Crippen MR) is 189 cm³/mol. The van der Waals surface area contributed by atoms with Crippen molar-refractivity contribution in [2.24, 2.45) is 4.99 Å². The fourth-order valence-corrected chi connectivity index (χ4v) is 7.79. The van der Waals surface area contributed by atoms with Crippen molar-refractivity contribution in [2.45, 2.75) is 45.8 Å². The van der Waals surface area contributed by atoms with Gasteiger partial charge in [-0.05, 0) is 71.8 Å². The van der Waals surface area contributed by atoms with E-state index in [1.165, 1.54) is 0 Å². The lowest BCUT2D eigenvalue weighted by Crippen LogP contribution is -2.50. The standard InChI is InChI=1S/C42H38N2O4/c1-6-37(45)27-14-8-9-15-28(27)40-31-20-25(3)35(43-7-2)22-38(31)46-39-23-36(26(4)21-32(39)40)44(5)24-42-33-18-12-10-16-29(33)41(47-48-42)30-17-11-13-19-34(30)42/h8-23,41H,6-7,24H2,1-5H3. The second kappa shape index (κ2) is 11.6. The molecule has 9 rings (SSSR count). The van der Waals surface area contributed by atoms with Crippen LogP contribution in [-0.4, -0.2) is 25.9 Å². The van der Waals surface area contributed by atoms with E-state index in [2.05, 4.69) is 98.6 Å². The Labute approximate surface area is 280 Å². The Balaban J connectivity index is 1.33. The Morgan fingerprint density at radius 1 is 0.833 bits per heavy atom. The normalized spacial score (nSPS) is 18.3. The molecular formula is C42H38N2O4. The van der Waals surface area contributed by atoms with Crippen LogP contribution in [0.3, 0.4) is 0 Å². The van der Waals surface area contributed by atoms with Gasteiger partial charge in [0.05, 0.1) is 11.9 Å². The first-order valence-corrected chi connectivity index (χ1v) is 16.7. The molecule has 240 valence electrons. The molecule has 0 atom stereocenters. The number of carbonyl (C=O) groups is 1. The number of aryl methyl sites for hydroxylation is 2. The first-order chi connectivity index (χ1) is 23.3. The summed E-state index contributed by atoms with van der Waals surface area (Å²) in [5.41, 5.74) is 11.2. The van der Waals surface area contributed by atoms with Crippen LogP contribution in [0.4, 0.5) is 5.69 Å².